The summed E-state index contributed by atoms with van der Waals surface area (Å²) in [4.78, 5) is 19.5. The normalized spacial score (nSPS) is 13.6. The minimum atomic E-state index is 0.189. The number of amides is 1. The molecule has 0 saturated heterocycles. The monoisotopic (exact) mass is 290 g/mol. The third-order valence-electron chi connectivity index (χ3n) is 3.11. The van der Waals surface area contributed by atoms with Crippen LogP contribution in [-0.2, 0) is 17.9 Å². The molecular weight excluding hydrogens is 276 g/mol. The smallest absolute Gasteiger partial charge is 0.233 e. The van der Waals surface area contributed by atoms with Gasteiger partial charge in [0.05, 0.1) is 5.75 Å². The average Bonchev–Trinajstić information content (AvgIpc) is 3.01. The van der Waals surface area contributed by atoms with Crippen LogP contribution in [-0.4, -0.2) is 21.5 Å². The van der Waals surface area contributed by atoms with E-state index in [4.69, 9.17) is 0 Å². The van der Waals surface area contributed by atoms with Crippen molar-refractivity contribution in [2.45, 2.75) is 24.4 Å². The zero-order valence-corrected chi connectivity index (χ0v) is 12.3. The largest absolute Gasteiger partial charge is 0.333 e. The first-order valence-electron chi connectivity index (χ1n) is 6.12. The predicted molar refractivity (Wildman–Crippen MR) is 78.3 cm³/mol. The van der Waals surface area contributed by atoms with Gasteiger partial charge in [0.25, 0.3) is 0 Å². The number of carbonyl (C=O) groups is 1. The van der Waals surface area contributed by atoms with E-state index in [-0.39, 0.29) is 5.91 Å². The van der Waals surface area contributed by atoms with E-state index in [1.54, 1.807) is 11.3 Å². The molecule has 2 heterocycles. The molecule has 0 fully saturated rings. The summed E-state index contributed by atoms with van der Waals surface area (Å²) in [5, 5.41) is 0. The van der Waals surface area contributed by atoms with E-state index >= 15 is 0 Å². The second kappa shape index (κ2) is 5.35. The van der Waals surface area contributed by atoms with Gasteiger partial charge in [0.1, 0.15) is 0 Å². The standard InChI is InChI=1S/C14H14N2OS2/c1-10-6-15-14(19-10)18-9-13(17)16-7-11-4-2-3-5-12(11)8-16/h2-6H,7-9H2,1H3. The highest BCUT2D eigenvalue weighted by Gasteiger charge is 2.22. The lowest BCUT2D eigenvalue weighted by Gasteiger charge is -2.14. The van der Waals surface area contributed by atoms with E-state index in [1.165, 1.54) is 27.8 Å². The summed E-state index contributed by atoms with van der Waals surface area (Å²) in [6.45, 7) is 3.51. The molecular formula is C14H14N2OS2. The summed E-state index contributed by atoms with van der Waals surface area (Å²) in [6.07, 6.45) is 1.85. The Hall–Kier alpha value is -1.33. The molecule has 1 aliphatic rings. The molecule has 0 N–H and O–H groups in total. The quantitative estimate of drug-likeness (QED) is 0.815. The molecule has 1 aliphatic heterocycles. The number of hydrogen-bond acceptors (Lipinski definition) is 4. The fourth-order valence-electron chi connectivity index (χ4n) is 2.13. The Labute approximate surface area is 120 Å². The summed E-state index contributed by atoms with van der Waals surface area (Å²) < 4.78 is 0.975. The van der Waals surface area contributed by atoms with Crippen LogP contribution in [0.25, 0.3) is 0 Å². The van der Waals surface area contributed by atoms with Crippen LogP contribution in [0.4, 0.5) is 0 Å². The molecule has 0 aliphatic carbocycles. The van der Waals surface area contributed by atoms with Crippen molar-refractivity contribution in [2.75, 3.05) is 5.75 Å². The van der Waals surface area contributed by atoms with Gasteiger partial charge in [-0.1, -0.05) is 36.0 Å². The highest BCUT2D eigenvalue weighted by atomic mass is 32.2. The lowest BCUT2D eigenvalue weighted by Crippen LogP contribution is -2.26. The van der Waals surface area contributed by atoms with E-state index in [0.717, 1.165) is 17.4 Å². The molecule has 3 nitrogen and oxygen atoms in total. The van der Waals surface area contributed by atoms with Gasteiger partial charge in [-0.3, -0.25) is 4.79 Å². The lowest BCUT2D eigenvalue weighted by molar-refractivity contribution is -0.128. The van der Waals surface area contributed by atoms with Crippen molar-refractivity contribution in [1.82, 2.24) is 9.88 Å². The van der Waals surface area contributed by atoms with E-state index < -0.39 is 0 Å². The van der Waals surface area contributed by atoms with E-state index in [9.17, 15) is 4.79 Å². The molecule has 5 heteroatoms. The number of carbonyl (C=O) groups excluding carboxylic acids is 1. The van der Waals surface area contributed by atoms with Crippen molar-refractivity contribution in [3.63, 3.8) is 0 Å². The second-order valence-electron chi connectivity index (χ2n) is 4.54. The highest BCUT2D eigenvalue weighted by Crippen LogP contribution is 2.26. The van der Waals surface area contributed by atoms with Gasteiger partial charge in [0, 0.05) is 24.2 Å². The number of hydrogen-bond donors (Lipinski definition) is 0. The molecule has 3 rings (SSSR count). The molecule has 1 amide bonds. The summed E-state index contributed by atoms with van der Waals surface area (Å²) in [5.74, 6) is 0.662. The molecule has 0 spiro atoms. The minimum Gasteiger partial charge on any atom is -0.333 e. The van der Waals surface area contributed by atoms with Crippen molar-refractivity contribution in [2.24, 2.45) is 0 Å². The van der Waals surface area contributed by atoms with Gasteiger partial charge in [-0.2, -0.15) is 0 Å². The second-order valence-corrected chi connectivity index (χ2v) is 7.00. The first-order chi connectivity index (χ1) is 9.22. The summed E-state index contributed by atoms with van der Waals surface area (Å²) in [6, 6.07) is 8.25. The Bertz CT molecular complexity index is 584. The fourth-order valence-corrected chi connectivity index (χ4v) is 3.97. The molecule has 1 aromatic carbocycles. The van der Waals surface area contributed by atoms with Crippen LogP contribution in [0.2, 0.25) is 0 Å². The third-order valence-corrected chi connectivity index (χ3v) is 5.17. The molecule has 19 heavy (non-hydrogen) atoms. The van der Waals surface area contributed by atoms with Crippen LogP contribution < -0.4 is 0 Å². The maximum absolute atomic E-state index is 12.2. The van der Waals surface area contributed by atoms with Gasteiger partial charge < -0.3 is 4.90 Å². The van der Waals surface area contributed by atoms with Crippen LogP contribution in [0.1, 0.15) is 16.0 Å². The summed E-state index contributed by atoms with van der Waals surface area (Å²) in [5.41, 5.74) is 2.54. The molecule has 0 unspecified atom stereocenters. The fraction of sp³-hybridized carbons (Fsp3) is 0.286. The van der Waals surface area contributed by atoms with Crippen molar-refractivity contribution >= 4 is 29.0 Å². The van der Waals surface area contributed by atoms with Gasteiger partial charge >= 0.3 is 0 Å². The molecule has 1 aromatic heterocycles. The van der Waals surface area contributed by atoms with Crippen molar-refractivity contribution in [3.05, 3.63) is 46.5 Å². The number of aromatic nitrogens is 1. The Kier molecular flexibility index (Phi) is 3.57. The highest BCUT2D eigenvalue weighted by molar-refractivity contribution is 8.01. The summed E-state index contributed by atoms with van der Waals surface area (Å²) >= 11 is 3.17. The minimum absolute atomic E-state index is 0.189. The molecule has 0 radical (unpaired) electrons. The number of thiazole rings is 1. The van der Waals surface area contributed by atoms with Crippen molar-refractivity contribution in [1.29, 1.82) is 0 Å². The molecule has 0 atom stereocenters. The SMILES string of the molecule is Cc1cnc(SCC(=O)N2Cc3ccccc3C2)s1. The zero-order chi connectivity index (χ0) is 13.2. The Balaban J connectivity index is 1.58. The van der Waals surface area contributed by atoms with Gasteiger partial charge in [-0.15, -0.1) is 11.3 Å². The zero-order valence-electron chi connectivity index (χ0n) is 10.6. The molecule has 0 bridgehead atoms. The lowest BCUT2D eigenvalue weighted by atomic mass is 10.1. The molecule has 0 saturated carbocycles. The maximum Gasteiger partial charge on any atom is 0.233 e. The Morgan fingerprint density at radius 2 is 2.05 bits per heavy atom. The van der Waals surface area contributed by atoms with Crippen LogP contribution >= 0.6 is 23.1 Å². The first-order valence-corrected chi connectivity index (χ1v) is 7.92. The predicted octanol–water partition coefficient (Wildman–Crippen LogP) is 3.09. The average molecular weight is 290 g/mol. The number of fused-ring (bicyclic) bond motifs is 1. The number of aryl methyl sites for hydroxylation is 1. The number of thioether (sulfide) groups is 1. The number of benzene rings is 1. The van der Waals surface area contributed by atoms with Gasteiger partial charge in [0.2, 0.25) is 5.91 Å². The third kappa shape index (κ3) is 2.82. The Morgan fingerprint density at radius 1 is 1.37 bits per heavy atom. The molecule has 98 valence electrons. The van der Waals surface area contributed by atoms with Gasteiger partial charge in [0.15, 0.2) is 4.34 Å². The van der Waals surface area contributed by atoms with Crippen LogP contribution in [0, 0.1) is 6.92 Å². The van der Waals surface area contributed by atoms with E-state index in [0.29, 0.717) is 5.75 Å². The maximum atomic E-state index is 12.2. The van der Waals surface area contributed by atoms with Crippen LogP contribution in [0.15, 0.2) is 34.8 Å². The number of nitrogens with zero attached hydrogens (tertiary/aromatic N) is 2. The van der Waals surface area contributed by atoms with E-state index in [2.05, 4.69) is 17.1 Å². The first kappa shape index (κ1) is 12.7. The van der Waals surface area contributed by atoms with Crippen molar-refractivity contribution in [3.8, 4) is 0 Å². The van der Waals surface area contributed by atoms with Gasteiger partial charge in [-0.25, -0.2) is 4.98 Å². The molecule has 2 aromatic rings. The number of rotatable bonds is 3. The summed E-state index contributed by atoms with van der Waals surface area (Å²) in [7, 11) is 0. The Morgan fingerprint density at radius 3 is 2.63 bits per heavy atom. The topological polar surface area (TPSA) is 33.2 Å². The van der Waals surface area contributed by atoms with E-state index in [1.807, 2.05) is 30.2 Å². The van der Waals surface area contributed by atoms with Crippen molar-refractivity contribution < 1.29 is 4.79 Å². The van der Waals surface area contributed by atoms with Gasteiger partial charge in [-0.05, 0) is 18.1 Å². The van der Waals surface area contributed by atoms with Crippen LogP contribution in [0.3, 0.4) is 0 Å². The van der Waals surface area contributed by atoms with Crippen LogP contribution in [0.5, 0.6) is 0 Å².